The summed E-state index contributed by atoms with van der Waals surface area (Å²) in [4.78, 5) is 8.64. The number of halogens is 2. The molecule has 1 aliphatic rings. The Balaban J connectivity index is 0.000000171. The number of anilines is 1. The Hall–Kier alpha value is -3.61. The monoisotopic (exact) mass is 793 g/mol. The molecule has 5 aromatic carbocycles. The van der Waals surface area contributed by atoms with Gasteiger partial charge in [0, 0.05) is 24.3 Å². The van der Waals surface area contributed by atoms with Crippen LogP contribution in [-0.2, 0) is 15.9 Å². The molecule has 0 aliphatic carbocycles. The van der Waals surface area contributed by atoms with Crippen molar-refractivity contribution < 1.29 is 15.9 Å². The summed E-state index contributed by atoms with van der Waals surface area (Å²) >= 11 is -1.50. The Labute approximate surface area is 293 Å². The van der Waals surface area contributed by atoms with Crippen molar-refractivity contribution in [1.29, 1.82) is 0 Å². The summed E-state index contributed by atoms with van der Waals surface area (Å²) in [7, 11) is 9.63. The molecule has 1 atom stereocenters. The second kappa shape index (κ2) is 18.5. The first kappa shape index (κ1) is 33.7. The van der Waals surface area contributed by atoms with Crippen LogP contribution in [0.5, 0.6) is 0 Å². The zero-order chi connectivity index (χ0) is 31.8. The van der Waals surface area contributed by atoms with E-state index in [0.717, 1.165) is 11.4 Å². The minimum atomic E-state index is -1.39. The van der Waals surface area contributed by atoms with E-state index in [1.807, 2.05) is 59.9 Å². The van der Waals surface area contributed by atoms with Crippen molar-refractivity contribution in [2.45, 2.75) is 6.04 Å². The van der Waals surface area contributed by atoms with E-state index in [9.17, 15) is 0 Å². The van der Waals surface area contributed by atoms with E-state index in [4.69, 9.17) is 19.1 Å². The first-order valence-corrected chi connectivity index (χ1v) is 21.4. The molecular weight excluding hydrogens is 763 g/mol. The Bertz CT molecular complexity index is 1580. The molecule has 0 N–H and O–H groups in total. The van der Waals surface area contributed by atoms with Gasteiger partial charge in [0.05, 0.1) is 11.7 Å². The van der Waals surface area contributed by atoms with Gasteiger partial charge < -0.3 is 9.80 Å². The van der Waals surface area contributed by atoms with Gasteiger partial charge in [-0.1, -0.05) is 54.6 Å². The van der Waals surface area contributed by atoms with Gasteiger partial charge >= 0.3 is 154 Å². The number of para-hydroxylation sites is 1. The molecule has 232 valence electrons. The van der Waals surface area contributed by atoms with E-state index in [1.165, 1.54) is 18.6 Å². The second-order valence-electron chi connectivity index (χ2n) is 9.97. The second-order valence-corrected chi connectivity index (χ2v) is 17.0. The molecule has 1 aromatic heterocycles. The molecule has 1 unspecified atom stereocenters. The molecule has 46 heavy (non-hydrogen) atoms. The summed E-state index contributed by atoms with van der Waals surface area (Å²) in [5.41, 5.74) is 3.27. The Morgan fingerprint density at radius 1 is 0.543 bits per heavy atom. The molecular formula is C39H32AsCl2N3Pd. The molecule has 0 bridgehead atoms. The van der Waals surface area contributed by atoms with Crippen LogP contribution in [0.4, 0.5) is 5.69 Å². The van der Waals surface area contributed by atoms with Gasteiger partial charge in [0.1, 0.15) is 0 Å². The number of rotatable bonds is 7. The summed E-state index contributed by atoms with van der Waals surface area (Å²) in [5.74, 6) is 0. The van der Waals surface area contributed by atoms with Crippen molar-refractivity contribution in [2.75, 3.05) is 4.90 Å². The van der Waals surface area contributed by atoms with Gasteiger partial charge in [0.15, 0.2) is 0 Å². The number of hydrogen-bond donors (Lipinski definition) is 0. The van der Waals surface area contributed by atoms with E-state index in [2.05, 4.69) is 150 Å². The zero-order valence-electron chi connectivity index (χ0n) is 24.8. The Morgan fingerprint density at radius 2 is 0.978 bits per heavy atom. The summed E-state index contributed by atoms with van der Waals surface area (Å²) in [5, 5.41) is 0. The van der Waals surface area contributed by atoms with E-state index in [0.29, 0.717) is 0 Å². The van der Waals surface area contributed by atoms with Crippen LogP contribution in [0, 0.1) is 6.67 Å². The first-order chi connectivity index (χ1) is 22.8. The molecule has 0 saturated carbocycles. The molecule has 0 fully saturated rings. The van der Waals surface area contributed by atoms with E-state index < -0.39 is 14.7 Å². The Morgan fingerprint density at radius 3 is 1.43 bits per heavy atom. The van der Waals surface area contributed by atoms with Crippen LogP contribution in [0.1, 0.15) is 17.3 Å². The van der Waals surface area contributed by atoms with Crippen LogP contribution < -0.4 is 18.0 Å². The minimum absolute atomic E-state index is 0.00244. The summed E-state index contributed by atoms with van der Waals surface area (Å²) in [6.07, 6.45) is 5.90. The summed E-state index contributed by atoms with van der Waals surface area (Å²) in [6, 6.07) is 59.3. The number of hydrogen-bond acceptors (Lipinski definition) is 3. The van der Waals surface area contributed by atoms with Gasteiger partial charge in [-0.05, 0) is 29.8 Å². The fraction of sp³-hybridized carbons (Fsp3) is 0.0256. The van der Waals surface area contributed by atoms with E-state index >= 15 is 0 Å². The summed E-state index contributed by atoms with van der Waals surface area (Å²) < 4.78 is 4.44. The molecule has 7 rings (SSSR count). The fourth-order valence-electron chi connectivity index (χ4n) is 5.03. The molecule has 1 aliphatic heterocycles. The number of pyridine rings is 1. The molecule has 2 radical (unpaired) electrons. The van der Waals surface area contributed by atoms with Crippen LogP contribution in [0.15, 0.2) is 188 Å². The molecule has 0 saturated heterocycles. The first-order valence-electron chi connectivity index (χ1n) is 14.6. The molecule has 7 heteroatoms. The maximum absolute atomic E-state index is 4.81. The van der Waals surface area contributed by atoms with Crippen molar-refractivity contribution in [2.24, 2.45) is 0 Å². The van der Waals surface area contributed by atoms with Gasteiger partial charge in [-0.25, -0.2) is 0 Å². The third-order valence-corrected chi connectivity index (χ3v) is 12.2. The molecule has 0 spiro atoms. The van der Waals surface area contributed by atoms with E-state index in [-0.39, 0.29) is 22.0 Å². The quantitative estimate of drug-likeness (QED) is 0.153. The van der Waals surface area contributed by atoms with Crippen molar-refractivity contribution in [1.82, 2.24) is 9.88 Å². The van der Waals surface area contributed by atoms with Crippen molar-refractivity contribution in [3.8, 4) is 0 Å². The average Bonchev–Trinajstić information content (AvgIpc) is 3.62. The van der Waals surface area contributed by atoms with Crippen LogP contribution in [0.25, 0.3) is 0 Å². The number of nitrogens with zero attached hydrogens (tertiary/aromatic N) is 3. The van der Waals surface area contributed by atoms with Crippen LogP contribution >= 0.6 is 19.1 Å². The number of benzene rings is 5. The molecule has 0 amide bonds. The SMILES string of the molecule is [C]1N(c2ccccc2)C=CN1C(c1ccccc1)c1ccccn1.[Cl][Pd][Cl].c1ccc([As](c2ccccc2)c2ccccc2)cc1. The standard InChI is InChI=1S/C21H17N3.C18H15As.2ClH.Pd/c1-3-9-18(10-4-1)21(20-13-7-8-14-22-20)24-16-15-23(17-24)19-11-5-2-6-12-19;1-4-10-16(11-5-1)19(17-12-6-2-7-13-17)18-14-8-3-9-15-18;;;/h1-16,21H;1-15H;2*1H;/q;;;;+2/p-2. The normalized spacial score (nSPS) is 12.6. The van der Waals surface area contributed by atoms with Gasteiger partial charge in [-0.3, -0.25) is 4.98 Å². The van der Waals surface area contributed by atoms with Gasteiger partial charge in [0.25, 0.3) is 0 Å². The predicted molar refractivity (Wildman–Crippen MR) is 191 cm³/mol. The maximum atomic E-state index is 4.81. The van der Waals surface area contributed by atoms with Crippen molar-refractivity contribution in [3.05, 3.63) is 206 Å². The topological polar surface area (TPSA) is 19.4 Å². The molecule has 2 heterocycles. The number of aromatic nitrogens is 1. The van der Waals surface area contributed by atoms with Crippen LogP contribution in [-0.4, -0.2) is 24.5 Å². The third-order valence-electron chi connectivity index (χ3n) is 7.04. The van der Waals surface area contributed by atoms with Gasteiger partial charge in [-0.2, -0.15) is 0 Å². The van der Waals surface area contributed by atoms with Crippen LogP contribution in [0.2, 0.25) is 0 Å². The van der Waals surface area contributed by atoms with Crippen LogP contribution in [0.3, 0.4) is 0 Å². The zero-order valence-corrected chi connectivity index (χ0v) is 29.8. The third kappa shape index (κ3) is 9.46. The molecule has 3 nitrogen and oxygen atoms in total. The fourth-order valence-corrected chi connectivity index (χ4v) is 9.87. The van der Waals surface area contributed by atoms with E-state index in [1.54, 1.807) is 0 Å². The van der Waals surface area contributed by atoms with Crippen molar-refractivity contribution >= 4 is 52.5 Å². The van der Waals surface area contributed by atoms with Gasteiger partial charge in [-0.15, -0.1) is 0 Å². The molecule has 6 aromatic rings. The van der Waals surface area contributed by atoms with Gasteiger partial charge in [0.2, 0.25) is 6.67 Å². The average molecular weight is 795 g/mol. The Kier molecular flexibility index (Phi) is 13.6. The van der Waals surface area contributed by atoms with Crippen molar-refractivity contribution in [3.63, 3.8) is 0 Å². The summed E-state index contributed by atoms with van der Waals surface area (Å²) in [6.45, 7) is 3.42. The predicted octanol–water partition coefficient (Wildman–Crippen LogP) is 8.04.